The van der Waals surface area contributed by atoms with Gasteiger partial charge in [0, 0.05) is 18.7 Å². The summed E-state index contributed by atoms with van der Waals surface area (Å²) in [6.45, 7) is 3.85. The monoisotopic (exact) mass is 409 g/mol. The molecule has 0 bridgehead atoms. The van der Waals surface area contributed by atoms with Crippen molar-refractivity contribution in [2.24, 2.45) is 5.92 Å². The summed E-state index contributed by atoms with van der Waals surface area (Å²) < 4.78 is 11.9. The fourth-order valence-electron chi connectivity index (χ4n) is 4.02. The number of carbonyl (C=O) groups is 1. The average molecular weight is 410 g/mol. The molecule has 1 N–H and O–H groups in total. The Kier molecular flexibility index (Phi) is 5.08. The molecule has 2 aliphatic heterocycles. The van der Waals surface area contributed by atoms with Gasteiger partial charge in [-0.1, -0.05) is 12.1 Å². The maximum Gasteiger partial charge on any atom is 0.251 e. The second-order valence-electron chi connectivity index (χ2n) is 7.60. The van der Waals surface area contributed by atoms with Crippen LogP contribution in [0.25, 0.3) is 10.2 Å². The van der Waals surface area contributed by atoms with E-state index in [1.165, 1.54) is 4.70 Å². The summed E-state index contributed by atoms with van der Waals surface area (Å²) in [6.07, 6.45) is 2.28. The maximum absolute atomic E-state index is 12.5. The Bertz CT molecular complexity index is 1000. The number of nitrogens with zero attached hydrogens (tertiary/aromatic N) is 2. The van der Waals surface area contributed by atoms with Crippen LogP contribution < -0.4 is 14.8 Å². The van der Waals surface area contributed by atoms with Crippen LogP contribution in [0, 0.1) is 5.92 Å². The van der Waals surface area contributed by atoms with Gasteiger partial charge < -0.3 is 14.8 Å². The number of ether oxygens (including phenoxy) is 2. The molecule has 7 heteroatoms. The first-order valence-electron chi connectivity index (χ1n) is 9.99. The molecule has 0 aliphatic carbocycles. The minimum atomic E-state index is -0.0633. The van der Waals surface area contributed by atoms with E-state index in [4.69, 9.17) is 14.5 Å². The molecule has 1 fully saturated rings. The zero-order valence-corrected chi connectivity index (χ0v) is 16.9. The van der Waals surface area contributed by atoms with Crippen LogP contribution in [0.5, 0.6) is 11.5 Å². The van der Waals surface area contributed by atoms with Gasteiger partial charge in [0.25, 0.3) is 5.91 Å². The first kappa shape index (κ1) is 18.4. The topological polar surface area (TPSA) is 63.7 Å². The average Bonchev–Trinajstić information content (AvgIpc) is 3.37. The summed E-state index contributed by atoms with van der Waals surface area (Å²) in [7, 11) is 0. The largest absolute Gasteiger partial charge is 0.454 e. The molecule has 150 valence electrons. The van der Waals surface area contributed by atoms with Gasteiger partial charge in [0.2, 0.25) is 6.79 Å². The Morgan fingerprint density at radius 2 is 2.10 bits per heavy atom. The quantitative estimate of drug-likeness (QED) is 0.697. The van der Waals surface area contributed by atoms with Crippen LogP contribution in [0.1, 0.15) is 28.2 Å². The summed E-state index contributed by atoms with van der Waals surface area (Å²) in [5.74, 6) is 1.72. The van der Waals surface area contributed by atoms with Crippen LogP contribution in [0.4, 0.5) is 0 Å². The van der Waals surface area contributed by atoms with Crippen molar-refractivity contribution in [2.45, 2.75) is 19.4 Å². The van der Waals surface area contributed by atoms with E-state index in [1.54, 1.807) is 29.5 Å². The molecule has 1 saturated heterocycles. The zero-order valence-electron chi connectivity index (χ0n) is 16.1. The van der Waals surface area contributed by atoms with E-state index in [-0.39, 0.29) is 12.7 Å². The number of hydrogen-bond acceptors (Lipinski definition) is 6. The number of amides is 1. The Morgan fingerprint density at radius 3 is 3.03 bits per heavy atom. The van der Waals surface area contributed by atoms with Crippen molar-refractivity contribution in [3.05, 3.63) is 53.0 Å². The third-order valence-electron chi connectivity index (χ3n) is 5.49. The first-order valence-corrected chi connectivity index (χ1v) is 10.8. The molecular formula is C22H23N3O3S. The summed E-state index contributed by atoms with van der Waals surface area (Å²) in [6, 6.07) is 13.6. The second-order valence-corrected chi connectivity index (χ2v) is 8.71. The number of hydrogen-bond donors (Lipinski definition) is 1. The molecule has 1 aromatic heterocycles. The number of thiazole rings is 1. The SMILES string of the molecule is O=C(NCC1CCCN(Cc2nc3ccccc3s2)C1)c1ccc2c(c1)OCO2. The molecule has 6 nitrogen and oxygen atoms in total. The molecule has 1 amide bonds. The van der Waals surface area contributed by atoms with Crippen LogP contribution in [-0.4, -0.2) is 42.2 Å². The number of para-hydroxylation sites is 1. The normalized spacial score (nSPS) is 18.8. The maximum atomic E-state index is 12.5. The lowest BCUT2D eigenvalue weighted by Crippen LogP contribution is -2.40. The van der Waals surface area contributed by atoms with Crippen molar-refractivity contribution in [1.82, 2.24) is 15.2 Å². The predicted octanol–water partition coefficient (Wildman–Crippen LogP) is 3.67. The van der Waals surface area contributed by atoms with Gasteiger partial charge in [-0.2, -0.15) is 0 Å². The van der Waals surface area contributed by atoms with Gasteiger partial charge in [-0.25, -0.2) is 4.98 Å². The lowest BCUT2D eigenvalue weighted by atomic mass is 9.98. The van der Waals surface area contributed by atoms with Crippen molar-refractivity contribution in [3.8, 4) is 11.5 Å². The number of likely N-dealkylation sites (tertiary alicyclic amines) is 1. The van der Waals surface area contributed by atoms with E-state index in [1.807, 2.05) is 6.07 Å². The molecule has 2 aromatic carbocycles. The molecule has 29 heavy (non-hydrogen) atoms. The van der Waals surface area contributed by atoms with Crippen LogP contribution >= 0.6 is 11.3 Å². The van der Waals surface area contributed by atoms with Gasteiger partial charge in [-0.15, -0.1) is 11.3 Å². The summed E-state index contributed by atoms with van der Waals surface area (Å²) in [4.78, 5) is 19.7. The predicted molar refractivity (Wildman–Crippen MR) is 113 cm³/mol. The standard InChI is InChI=1S/C22H23N3O3S/c26-22(16-7-8-18-19(10-16)28-14-27-18)23-11-15-4-3-9-25(12-15)13-21-24-17-5-1-2-6-20(17)29-21/h1-2,5-8,10,15H,3-4,9,11-14H2,(H,23,26). The number of benzene rings is 2. The molecule has 3 aromatic rings. The number of piperidine rings is 1. The van der Waals surface area contributed by atoms with Gasteiger partial charge in [0.15, 0.2) is 11.5 Å². The van der Waals surface area contributed by atoms with Crippen LogP contribution in [0.3, 0.4) is 0 Å². The van der Waals surface area contributed by atoms with E-state index in [2.05, 4.69) is 28.4 Å². The molecular weight excluding hydrogens is 386 g/mol. The third kappa shape index (κ3) is 4.06. The molecule has 1 unspecified atom stereocenters. The van der Waals surface area contributed by atoms with Gasteiger partial charge >= 0.3 is 0 Å². The Hall–Kier alpha value is -2.64. The fraction of sp³-hybridized carbons (Fsp3) is 0.364. The Labute approximate surface area is 173 Å². The van der Waals surface area contributed by atoms with Crippen molar-refractivity contribution >= 4 is 27.5 Å². The van der Waals surface area contributed by atoms with E-state index >= 15 is 0 Å². The lowest BCUT2D eigenvalue weighted by molar-refractivity contribution is 0.0930. The molecule has 0 saturated carbocycles. The molecule has 1 atom stereocenters. The molecule has 0 radical (unpaired) electrons. The number of aromatic nitrogens is 1. The van der Waals surface area contributed by atoms with E-state index in [0.717, 1.165) is 43.0 Å². The van der Waals surface area contributed by atoms with Crippen LogP contribution in [-0.2, 0) is 6.54 Å². The highest BCUT2D eigenvalue weighted by Gasteiger charge is 2.22. The Morgan fingerprint density at radius 1 is 1.21 bits per heavy atom. The second kappa shape index (κ2) is 8.00. The summed E-state index contributed by atoms with van der Waals surface area (Å²) >= 11 is 1.77. The molecule has 0 spiro atoms. The molecule has 5 rings (SSSR count). The van der Waals surface area contributed by atoms with Gasteiger partial charge in [-0.3, -0.25) is 9.69 Å². The molecule has 3 heterocycles. The fourth-order valence-corrected chi connectivity index (χ4v) is 5.03. The van der Waals surface area contributed by atoms with E-state index < -0.39 is 0 Å². The summed E-state index contributed by atoms with van der Waals surface area (Å²) in [5.41, 5.74) is 1.69. The van der Waals surface area contributed by atoms with Crippen molar-refractivity contribution < 1.29 is 14.3 Å². The minimum Gasteiger partial charge on any atom is -0.454 e. The van der Waals surface area contributed by atoms with Gasteiger partial charge in [0.05, 0.1) is 16.8 Å². The highest BCUT2D eigenvalue weighted by Crippen LogP contribution is 2.32. The number of carbonyl (C=O) groups excluding carboxylic acids is 1. The van der Waals surface area contributed by atoms with Crippen molar-refractivity contribution in [1.29, 1.82) is 0 Å². The third-order valence-corrected chi connectivity index (χ3v) is 6.51. The highest BCUT2D eigenvalue weighted by atomic mass is 32.1. The van der Waals surface area contributed by atoms with Gasteiger partial charge in [0.1, 0.15) is 5.01 Å². The van der Waals surface area contributed by atoms with E-state index in [9.17, 15) is 4.79 Å². The highest BCUT2D eigenvalue weighted by molar-refractivity contribution is 7.18. The number of nitrogens with one attached hydrogen (secondary N) is 1. The Balaban J connectivity index is 1.16. The smallest absolute Gasteiger partial charge is 0.251 e. The van der Waals surface area contributed by atoms with E-state index in [0.29, 0.717) is 29.5 Å². The molecule has 2 aliphatic rings. The zero-order chi connectivity index (χ0) is 19.6. The van der Waals surface area contributed by atoms with Crippen molar-refractivity contribution in [2.75, 3.05) is 26.4 Å². The minimum absolute atomic E-state index is 0.0633. The van der Waals surface area contributed by atoms with Crippen molar-refractivity contribution in [3.63, 3.8) is 0 Å². The van der Waals surface area contributed by atoms with Gasteiger partial charge in [-0.05, 0) is 55.6 Å². The van der Waals surface area contributed by atoms with Crippen LogP contribution in [0.2, 0.25) is 0 Å². The number of rotatable bonds is 5. The van der Waals surface area contributed by atoms with Crippen LogP contribution in [0.15, 0.2) is 42.5 Å². The summed E-state index contributed by atoms with van der Waals surface area (Å²) in [5, 5.41) is 4.25. The number of fused-ring (bicyclic) bond motifs is 2. The first-order chi connectivity index (χ1) is 14.2. The lowest BCUT2D eigenvalue weighted by Gasteiger charge is -2.32.